The summed E-state index contributed by atoms with van der Waals surface area (Å²) in [6.45, 7) is 6.02. The molecule has 0 aliphatic carbocycles. The zero-order valence-corrected chi connectivity index (χ0v) is 17.5. The minimum absolute atomic E-state index is 0.372. The monoisotopic (exact) mass is 392 g/mol. The maximum Gasteiger partial charge on any atom is 0.221 e. The van der Waals surface area contributed by atoms with Crippen molar-refractivity contribution in [3.05, 3.63) is 47.4 Å². The number of nitrogens with two attached hydrogens (primary N) is 1. The fraction of sp³-hybridized carbons (Fsp3) is 0.409. The first-order valence-corrected chi connectivity index (χ1v) is 10.00. The minimum Gasteiger partial charge on any atom is -0.497 e. The van der Waals surface area contributed by atoms with Gasteiger partial charge in [-0.25, -0.2) is 4.98 Å². The van der Waals surface area contributed by atoms with Crippen molar-refractivity contribution in [2.75, 3.05) is 30.8 Å². The maximum absolute atomic E-state index is 5.86. The molecule has 3 heterocycles. The predicted molar refractivity (Wildman–Crippen MR) is 115 cm³/mol. The van der Waals surface area contributed by atoms with Crippen LogP contribution >= 0.6 is 0 Å². The summed E-state index contributed by atoms with van der Waals surface area (Å²) < 4.78 is 7.27. The van der Waals surface area contributed by atoms with Gasteiger partial charge in [-0.15, -0.1) is 10.2 Å². The molecule has 7 nitrogen and oxygen atoms in total. The average Bonchev–Trinajstić information content (AvgIpc) is 3.07. The van der Waals surface area contributed by atoms with Gasteiger partial charge in [-0.2, -0.15) is 0 Å². The molecule has 0 radical (unpaired) electrons. The van der Waals surface area contributed by atoms with E-state index in [4.69, 9.17) is 15.5 Å². The van der Waals surface area contributed by atoms with Crippen molar-refractivity contribution in [3.8, 4) is 16.9 Å². The van der Waals surface area contributed by atoms with Crippen LogP contribution in [-0.2, 0) is 7.05 Å². The van der Waals surface area contributed by atoms with E-state index in [-0.39, 0.29) is 0 Å². The molecule has 0 unspecified atom stereocenters. The van der Waals surface area contributed by atoms with Crippen LogP contribution < -0.4 is 15.4 Å². The third-order valence-electron chi connectivity index (χ3n) is 5.84. The highest BCUT2D eigenvalue weighted by atomic mass is 16.5. The van der Waals surface area contributed by atoms with E-state index < -0.39 is 0 Å². The Hall–Kier alpha value is -3.09. The Morgan fingerprint density at radius 1 is 1.03 bits per heavy atom. The van der Waals surface area contributed by atoms with Crippen LogP contribution in [0, 0.1) is 13.8 Å². The zero-order valence-electron chi connectivity index (χ0n) is 17.5. The summed E-state index contributed by atoms with van der Waals surface area (Å²) in [7, 11) is 3.63. The summed E-state index contributed by atoms with van der Waals surface area (Å²) in [4.78, 5) is 7.31. The molecule has 2 N–H and O–H groups in total. The van der Waals surface area contributed by atoms with Crippen molar-refractivity contribution >= 4 is 11.8 Å². The van der Waals surface area contributed by atoms with Gasteiger partial charge in [0.1, 0.15) is 17.4 Å². The van der Waals surface area contributed by atoms with E-state index in [0.717, 1.165) is 54.6 Å². The summed E-state index contributed by atoms with van der Waals surface area (Å²) in [5, 5.41) is 8.30. The highest BCUT2D eigenvalue weighted by Crippen LogP contribution is 2.36. The summed E-state index contributed by atoms with van der Waals surface area (Å²) in [5.74, 6) is 3.74. The third kappa shape index (κ3) is 3.64. The van der Waals surface area contributed by atoms with E-state index in [1.165, 1.54) is 11.1 Å². The lowest BCUT2D eigenvalue weighted by Gasteiger charge is -2.33. The van der Waals surface area contributed by atoms with Crippen LogP contribution in [0.15, 0.2) is 30.3 Å². The largest absolute Gasteiger partial charge is 0.497 e. The van der Waals surface area contributed by atoms with Crippen LogP contribution in [0.2, 0.25) is 0 Å². The molecule has 0 saturated carbocycles. The van der Waals surface area contributed by atoms with E-state index in [0.29, 0.717) is 11.9 Å². The van der Waals surface area contributed by atoms with Crippen molar-refractivity contribution in [3.63, 3.8) is 0 Å². The number of hydrogen-bond acceptors (Lipinski definition) is 6. The van der Waals surface area contributed by atoms with Gasteiger partial charge in [0.2, 0.25) is 5.95 Å². The number of aromatic nitrogens is 4. The molecule has 1 aliphatic heterocycles. The quantitative estimate of drug-likeness (QED) is 0.732. The molecule has 29 heavy (non-hydrogen) atoms. The number of piperidine rings is 1. The van der Waals surface area contributed by atoms with Gasteiger partial charge >= 0.3 is 0 Å². The number of benzene rings is 1. The number of rotatable bonds is 4. The van der Waals surface area contributed by atoms with Crippen molar-refractivity contribution in [1.82, 2.24) is 19.7 Å². The smallest absolute Gasteiger partial charge is 0.221 e. The number of pyridine rings is 1. The predicted octanol–water partition coefficient (Wildman–Crippen LogP) is 3.47. The highest BCUT2D eigenvalue weighted by molar-refractivity contribution is 5.79. The van der Waals surface area contributed by atoms with E-state index in [2.05, 4.69) is 46.3 Å². The molecule has 152 valence electrons. The van der Waals surface area contributed by atoms with Gasteiger partial charge in [0.25, 0.3) is 0 Å². The Bertz CT molecular complexity index is 1020. The molecule has 1 aromatic carbocycles. The molecule has 2 aromatic heterocycles. The highest BCUT2D eigenvalue weighted by Gasteiger charge is 2.27. The van der Waals surface area contributed by atoms with Crippen LogP contribution in [0.1, 0.15) is 35.8 Å². The van der Waals surface area contributed by atoms with Crippen LogP contribution in [0.5, 0.6) is 5.75 Å². The fourth-order valence-electron chi connectivity index (χ4n) is 4.12. The molecule has 0 atom stereocenters. The molecular formula is C22H28N6O. The lowest BCUT2D eigenvalue weighted by atomic mass is 9.94. The van der Waals surface area contributed by atoms with Gasteiger partial charge in [-0.05, 0) is 62.1 Å². The van der Waals surface area contributed by atoms with Gasteiger partial charge in [0.15, 0.2) is 0 Å². The topological polar surface area (TPSA) is 82.1 Å². The first-order valence-electron chi connectivity index (χ1n) is 10.00. The van der Waals surface area contributed by atoms with Crippen molar-refractivity contribution in [2.45, 2.75) is 32.6 Å². The van der Waals surface area contributed by atoms with Crippen LogP contribution in [0.3, 0.4) is 0 Å². The van der Waals surface area contributed by atoms with E-state index >= 15 is 0 Å². The van der Waals surface area contributed by atoms with Crippen LogP contribution in [0.25, 0.3) is 11.1 Å². The van der Waals surface area contributed by atoms with E-state index in [9.17, 15) is 0 Å². The number of ether oxygens (including phenoxy) is 1. The number of anilines is 2. The van der Waals surface area contributed by atoms with Crippen molar-refractivity contribution in [2.24, 2.45) is 7.05 Å². The molecule has 1 aliphatic rings. The molecule has 7 heteroatoms. The second-order valence-corrected chi connectivity index (χ2v) is 7.74. The Morgan fingerprint density at radius 3 is 2.38 bits per heavy atom. The average molecular weight is 393 g/mol. The first kappa shape index (κ1) is 19.2. The number of methoxy groups -OCH3 is 1. The SMILES string of the molecule is COc1ccc(-c2ccc(C)nc2N2CCC(c3nnc(N)n3C)CC2)c(C)c1. The number of hydrogen-bond donors (Lipinski definition) is 1. The van der Waals surface area contributed by atoms with E-state index in [1.807, 2.05) is 24.6 Å². The molecule has 1 saturated heterocycles. The zero-order chi connectivity index (χ0) is 20.5. The Kier molecular flexibility index (Phi) is 5.13. The summed E-state index contributed by atoms with van der Waals surface area (Å²) in [6.07, 6.45) is 2.01. The number of nitrogen functional groups attached to an aromatic ring is 1. The van der Waals surface area contributed by atoms with Crippen LogP contribution in [-0.4, -0.2) is 39.9 Å². The van der Waals surface area contributed by atoms with Gasteiger partial charge < -0.3 is 19.9 Å². The minimum atomic E-state index is 0.372. The molecule has 1 fully saturated rings. The molecule has 0 bridgehead atoms. The number of nitrogens with zero attached hydrogens (tertiary/aromatic N) is 5. The van der Waals surface area contributed by atoms with Gasteiger partial charge in [-0.3, -0.25) is 0 Å². The Morgan fingerprint density at radius 2 is 1.76 bits per heavy atom. The molecule has 0 amide bonds. The number of aryl methyl sites for hydroxylation is 2. The molecular weight excluding hydrogens is 364 g/mol. The Labute approximate surface area is 171 Å². The normalized spacial score (nSPS) is 15.0. The third-order valence-corrected chi connectivity index (χ3v) is 5.84. The first-order chi connectivity index (χ1) is 14.0. The maximum atomic E-state index is 5.86. The fourth-order valence-corrected chi connectivity index (χ4v) is 4.12. The van der Waals surface area contributed by atoms with Crippen molar-refractivity contribution < 1.29 is 4.74 Å². The van der Waals surface area contributed by atoms with E-state index in [1.54, 1.807) is 7.11 Å². The summed E-state index contributed by atoms with van der Waals surface area (Å²) in [5.41, 5.74) is 10.4. The second kappa shape index (κ2) is 7.73. The van der Waals surface area contributed by atoms with Gasteiger partial charge in [-0.1, -0.05) is 6.07 Å². The van der Waals surface area contributed by atoms with Gasteiger partial charge in [0, 0.05) is 37.3 Å². The summed E-state index contributed by atoms with van der Waals surface area (Å²) in [6, 6.07) is 10.5. The van der Waals surface area contributed by atoms with Crippen molar-refractivity contribution in [1.29, 1.82) is 0 Å². The summed E-state index contributed by atoms with van der Waals surface area (Å²) >= 11 is 0. The van der Waals surface area contributed by atoms with Gasteiger partial charge in [0.05, 0.1) is 7.11 Å². The lowest BCUT2D eigenvalue weighted by Crippen LogP contribution is -2.34. The van der Waals surface area contributed by atoms with Crippen LogP contribution in [0.4, 0.5) is 11.8 Å². The molecule has 3 aromatic rings. The standard InChI is InChI=1S/C22H28N6O/c1-14-13-17(29-4)6-8-18(14)19-7-5-15(2)24-21(19)28-11-9-16(10-12-28)20-25-26-22(23)27(20)3/h5-8,13,16H,9-12H2,1-4H3,(H2,23,26). The lowest BCUT2D eigenvalue weighted by molar-refractivity contribution is 0.414. The molecule has 0 spiro atoms. The second-order valence-electron chi connectivity index (χ2n) is 7.74. The Balaban J connectivity index is 1.61. The molecule has 4 rings (SSSR count).